The van der Waals surface area contributed by atoms with Crippen LogP contribution in [0, 0.1) is 5.41 Å². The summed E-state index contributed by atoms with van der Waals surface area (Å²) in [5, 5.41) is 4.58. The Balaban J connectivity index is 2.05. The normalized spacial score (nSPS) is 17.8. The summed E-state index contributed by atoms with van der Waals surface area (Å²) < 4.78 is 2.01. The third-order valence-corrected chi connectivity index (χ3v) is 4.86. The molecule has 0 saturated heterocycles. The number of rotatable bonds is 7. The van der Waals surface area contributed by atoms with Gasteiger partial charge in [-0.05, 0) is 31.7 Å². The summed E-state index contributed by atoms with van der Waals surface area (Å²) in [7, 11) is 0. The third kappa shape index (κ3) is 2.95. The summed E-state index contributed by atoms with van der Waals surface area (Å²) in [5.74, 6) is 0.285. The molecule has 2 N–H and O–H groups in total. The van der Waals surface area contributed by atoms with Crippen LogP contribution in [0.5, 0.6) is 0 Å². The minimum Gasteiger partial charge on any atom is -0.329 e. The number of ketones is 1. The number of nitrogens with zero attached hydrogens (tertiary/aromatic N) is 2. The maximum Gasteiger partial charge on any atom is 0.146 e. The minimum atomic E-state index is -0.265. The molecule has 0 aliphatic heterocycles. The first-order valence-electron chi connectivity index (χ1n) is 7.92. The molecule has 0 unspecified atom stereocenters. The van der Waals surface area contributed by atoms with Gasteiger partial charge >= 0.3 is 0 Å². The number of carbonyl (C=O) groups is 1. The lowest BCUT2D eigenvalue weighted by Gasteiger charge is -2.24. The van der Waals surface area contributed by atoms with Gasteiger partial charge in [-0.3, -0.25) is 9.48 Å². The summed E-state index contributed by atoms with van der Waals surface area (Å²) in [4.78, 5) is 12.6. The molecule has 0 aromatic carbocycles. The van der Waals surface area contributed by atoms with Crippen molar-refractivity contribution in [2.45, 2.75) is 64.8 Å². The molecular formula is C16H27N3O. The highest BCUT2D eigenvalue weighted by Gasteiger charge is 2.39. The van der Waals surface area contributed by atoms with Gasteiger partial charge in [0.05, 0.1) is 18.2 Å². The van der Waals surface area contributed by atoms with Crippen LogP contribution in [0.25, 0.3) is 0 Å². The molecule has 1 saturated carbocycles. The van der Waals surface area contributed by atoms with E-state index in [2.05, 4.69) is 18.9 Å². The molecule has 2 rings (SSSR count). The van der Waals surface area contributed by atoms with E-state index in [1.165, 1.54) is 0 Å². The Kier molecular flexibility index (Phi) is 4.97. The molecule has 4 nitrogen and oxygen atoms in total. The van der Waals surface area contributed by atoms with E-state index in [0.717, 1.165) is 44.2 Å². The number of nitrogens with two attached hydrogens (primary N) is 1. The zero-order chi connectivity index (χ0) is 14.6. The van der Waals surface area contributed by atoms with Gasteiger partial charge in [-0.25, -0.2) is 0 Å². The third-order valence-electron chi connectivity index (χ3n) is 4.86. The summed E-state index contributed by atoms with van der Waals surface area (Å²) in [6.07, 6.45) is 8.74. The van der Waals surface area contributed by atoms with Gasteiger partial charge in [-0.15, -0.1) is 0 Å². The van der Waals surface area contributed by atoms with Gasteiger partial charge in [-0.1, -0.05) is 26.7 Å². The summed E-state index contributed by atoms with van der Waals surface area (Å²) >= 11 is 0. The standard InChI is InChI=1S/C16H27N3O/c1-3-14(4-2)19-10-7-13(18-19)11-15(20)16(12-17)8-5-6-9-16/h7,10,14H,3-6,8-9,11-12,17H2,1-2H3. The molecule has 0 radical (unpaired) electrons. The van der Waals surface area contributed by atoms with E-state index in [-0.39, 0.29) is 11.2 Å². The Morgan fingerprint density at radius 2 is 2.05 bits per heavy atom. The van der Waals surface area contributed by atoms with Crippen LogP contribution in [0.15, 0.2) is 12.3 Å². The van der Waals surface area contributed by atoms with Crippen LogP contribution in [0.1, 0.15) is 64.1 Å². The van der Waals surface area contributed by atoms with Crippen molar-refractivity contribution in [3.63, 3.8) is 0 Å². The maximum absolute atomic E-state index is 12.6. The fourth-order valence-electron chi connectivity index (χ4n) is 3.34. The second kappa shape index (κ2) is 6.53. The molecular weight excluding hydrogens is 250 g/mol. The van der Waals surface area contributed by atoms with Crippen molar-refractivity contribution in [2.75, 3.05) is 6.54 Å². The highest BCUT2D eigenvalue weighted by molar-refractivity contribution is 5.87. The molecule has 1 aromatic heterocycles. The molecule has 1 aliphatic carbocycles. The van der Waals surface area contributed by atoms with Crippen molar-refractivity contribution >= 4 is 5.78 Å². The minimum absolute atomic E-state index is 0.265. The highest BCUT2D eigenvalue weighted by Crippen LogP contribution is 2.38. The average Bonchev–Trinajstić information content (AvgIpc) is 3.10. The number of Topliss-reactive ketones (excluding diaryl/α,β-unsaturated/α-hetero) is 1. The second-order valence-corrected chi connectivity index (χ2v) is 6.05. The topological polar surface area (TPSA) is 60.9 Å². The molecule has 20 heavy (non-hydrogen) atoms. The fraction of sp³-hybridized carbons (Fsp3) is 0.750. The maximum atomic E-state index is 12.6. The van der Waals surface area contributed by atoms with E-state index < -0.39 is 0 Å². The number of aromatic nitrogens is 2. The van der Waals surface area contributed by atoms with Crippen molar-refractivity contribution in [1.82, 2.24) is 9.78 Å². The van der Waals surface area contributed by atoms with Crippen LogP contribution in [0.3, 0.4) is 0 Å². The molecule has 0 amide bonds. The van der Waals surface area contributed by atoms with Crippen molar-refractivity contribution < 1.29 is 4.79 Å². The van der Waals surface area contributed by atoms with Crippen LogP contribution in [-0.2, 0) is 11.2 Å². The molecule has 4 heteroatoms. The van der Waals surface area contributed by atoms with E-state index in [1.54, 1.807) is 0 Å². The summed E-state index contributed by atoms with van der Waals surface area (Å²) in [6.45, 7) is 4.82. The first-order valence-corrected chi connectivity index (χ1v) is 7.92. The van der Waals surface area contributed by atoms with E-state index in [1.807, 2.05) is 16.9 Å². The van der Waals surface area contributed by atoms with E-state index in [0.29, 0.717) is 19.0 Å². The van der Waals surface area contributed by atoms with Crippen molar-refractivity contribution in [2.24, 2.45) is 11.1 Å². The molecule has 0 bridgehead atoms. The van der Waals surface area contributed by atoms with Crippen molar-refractivity contribution in [3.05, 3.63) is 18.0 Å². The van der Waals surface area contributed by atoms with Crippen LogP contribution < -0.4 is 5.73 Å². The predicted molar refractivity (Wildman–Crippen MR) is 80.5 cm³/mol. The number of hydrogen-bond donors (Lipinski definition) is 1. The lowest BCUT2D eigenvalue weighted by atomic mass is 9.80. The van der Waals surface area contributed by atoms with E-state index in [4.69, 9.17) is 5.73 Å². The molecule has 0 spiro atoms. The van der Waals surface area contributed by atoms with Gasteiger partial charge in [-0.2, -0.15) is 5.10 Å². The smallest absolute Gasteiger partial charge is 0.146 e. The van der Waals surface area contributed by atoms with Gasteiger partial charge in [0.15, 0.2) is 0 Å². The molecule has 0 atom stereocenters. The molecule has 1 aliphatic rings. The Labute approximate surface area is 121 Å². The van der Waals surface area contributed by atoms with Gasteiger partial charge < -0.3 is 5.73 Å². The Morgan fingerprint density at radius 3 is 2.60 bits per heavy atom. The van der Waals surface area contributed by atoms with Crippen LogP contribution >= 0.6 is 0 Å². The fourth-order valence-corrected chi connectivity index (χ4v) is 3.34. The van der Waals surface area contributed by atoms with Crippen LogP contribution in [-0.4, -0.2) is 22.1 Å². The van der Waals surface area contributed by atoms with Gasteiger partial charge in [0.1, 0.15) is 5.78 Å². The SMILES string of the molecule is CCC(CC)n1ccc(CC(=O)C2(CN)CCCC2)n1. The molecule has 1 heterocycles. The largest absolute Gasteiger partial charge is 0.329 e. The monoisotopic (exact) mass is 277 g/mol. The van der Waals surface area contributed by atoms with Gasteiger partial charge in [0.2, 0.25) is 0 Å². The number of hydrogen-bond acceptors (Lipinski definition) is 3. The van der Waals surface area contributed by atoms with Crippen molar-refractivity contribution in [1.29, 1.82) is 0 Å². The second-order valence-electron chi connectivity index (χ2n) is 6.05. The lowest BCUT2D eigenvalue weighted by molar-refractivity contribution is -0.127. The highest BCUT2D eigenvalue weighted by atomic mass is 16.1. The lowest BCUT2D eigenvalue weighted by Crippen LogP contribution is -2.37. The van der Waals surface area contributed by atoms with E-state index >= 15 is 0 Å². The van der Waals surface area contributed by atoms with Crippen molar-refractivity contribution in [3.8, 4) is 0 Å². The zero-order valence-electron chi connectivity index (χ0n) is 12.8. The predicted octanol–water partition coefficient (Wildman–Crippen LogP) is 2.87. The van der Waals surface area contributed by atoms with Crippen LogP contribution in [0.4, 0.5) is 0 Å². The quantitative estimate of drug-likeness (QED) is 0.833. The molecule has 1 aromatic rings. The van der Waals surface area contributed by atoms with Crippen LogP contribution in [0.2, 0.25) is 0 Å². The Bertz CT molecular complexity index is 442. The molecule has 1 fully saturated rings. The zero-order valence-corrected chi connectivity index (χ0v) is 12.8. The summed E-state index contributed by atoms with van der Waals surface area (Å²) in [5.41, 5.74) is 6.50. The van der Waals surface area contributed by atoms with Gasteiger partial charge in [0.25, 0.3) is 0 Å². The molecule has 112 valence electrons. The van der Waals surface area contributed by atoms with E-state index in [9.17, 15) is 4.79 Å². The Hall–Kier alpha value is -1.16. The average molecular weight is 277 g/mol. The van der Waals surface area contributed by atoms with Gasteiger partial charge in [0, 0.05) is 18.2 Å². The first-order chi connectivity index (χ1) is 9.65. The first kappa shape index (κ1) is 15.2. The summed E-state index contributed by atoms with van der Waals surface area (Å²) in [6, 6.07) is 2.42. The number of carbonyl (C=O) groups excluding carboxylic acids is 1. The Morgan fingerprint density at radius 1 is 1.40 bits per heavy atom.